The lowest BCUT2D eigenvalue weighted by Crippen LogP contribution is -2.47. The normalized spacial score (nSPS) is 15.5. The summed E-state index contributed by atoms with van der Waals surface area (Å²) in [4.78, 5) is 4.77. The third-order valence-electron chi connectivity index (χ3n) is 4.03. The molecule has 24 heavy (non-hydrogen) atoms. The largest absolute Gasteiger partial charge is 0.492 e. The quantitative estimate of drug-likeness (QED) is 0.794. The molecule has 1 fully saturated rings. The van der Waals surface area contributed by atoms with Gasteiger partial charge in [0.05, 0.1) is 19.0 Å². The van der Waals surface area contributed by atoms with Crippen LogP contribution < -0.4 is 15.0 Å². The number of anilines is 2. The van der Waals surface area contributed by atoms with E-state index in [4.69, 9.17) is 17.0 Å². The Kier molecular flexibility index (Phi) is 5.70. The molecule has 0 atom stereocenters. The number of benzene rings is 1. The number of hydrogen-bond acceptors (Lipinski definition) is 7. The van der Waals surface area contributed by atoms with Gasteiger partial charge in [-0.1, -0.05) is 23.5 Å². The van der Waals surface area contributed by atoms with Gasteiger partial charge in [0.1, 0.15) is 5.75 Å². The van der Waals surface area contributed by atoms with E-state index in [1.165, 1.54) is 17.0 Å². The number of ether oxygens (including phenoxy) is 1. The molecule has 1 aromatic carbocycles. The molecule has 1 aromatic heterocycles. The van der Waals surface area contributed by atoms with Crippen molar-refractivity contribution in [3.05, 3.63) is 28.2 Å². The first kappa shape index (κ1) is 17.2. The van der Waals surface area contributed by atoms with Gasteiger partial charge < -0.3 is 15.0 Å². The minimum Gasteiger partial charge on any atom is -0.492 e. The second kappa shape index (κ2) is 7.96. The maximum atomic E-state index is 5.75. The zero-order valence-corrected chi connectivity index (χ0v) is 15.7. The van der Waals surface area contributed by atoms with Crippen LogP contribution >= 0.6 is 23.6 Å². The van der Waals surface area contributed by atoms with Crippen LogP contribution in [0, 0.1) is 3.95 Å². The van der Waals surface area contributed by atoms with Gasteiger partial charge in [-0.2, -0.15) is 0 Å². The highest BCUT2D eigenvalue weighted by atomic mass is 32.1. The highest BCUT2D eigenvalue weighted by Crippen LogP contribution is 2.28. The molecule has 0 spiro atoms. The number of nitrogens with one attached hydrogen (secondary N) is 1. The third-order valence-corrected chi connectivity index (χ3v) is 5.36. The molecular formula is C16H23N5OS2. The smallest absolute Gasteiger partial charge is 0.204 e. The molecule has 0 aliphatic carbocycles. The number of hydrogen-bond donors (Lipinski definition) is 1. The van der Waals surface area contributed by atoms with Crippen LogP contribution in [0.25, 0.3) is 0 Å². The van der Waals surface area contributed by atoms with Crippen molar-refractivity contribution in [3.8, 4) is 5.75 Å². The van der Waals surface area contributed by atoms with E-state index in [0.29, 0.717) is 6.61 Å². The zero-order chi connectivity index (χ0) is 16.9. The minimum atomic E-state index is 0.687. The number of aromatic nitrogens is 2. The fourth-order valence-electron chi connectivity index (χ4n) is 2.81. The Morgan fingerprint density at radius 3 is 2.67 bits per heavy atom. The Morgan fingerprint density at radius 1 is 1.25 bits per heavy atom. The SMILES string of the molecule is CCOc1ccccc1N1CCN(Cn2nc(NC)sc2=S)CC1. The van der Waals surface area contributed by atoms with Crippen molar-refractivity contribution in [1.82, 2.24) is 14.7 Å². The van der Waals surface area contributed by atoms with Crippen LogP contribution in [0.1, 0.15) is 6.92 Å². The summed E-state index contributed by atoms with van der Waals surface area (Å²) in [5, 5.41) is 8.40. The molecule has 130 valence electrons. The molecule has 0 radical (unpaired) electrons. The number of nitrogens with zero attached hydrogens (tertiary/aromatic N) is 4. The van der Waals surface area contributed by atoms with Gasteiger partial charge in [0.25, 0.3) is 0 Å². The number of piperazine rings is 1. The molecule has 0 unspecified atom stereocenters. The Labute approximate surface area is 151 Å². The summed E-state index contributed by atoms with van der Waals surface area (Å²) in [6.07, 6.45) is 0. The van der Waals surface area contributed by atoms with E-state index in [9.17, 15) is 0 Å². The van der Waals surface area contributed by atoms with Crippen molar-refractivity contribution in [2.75, 3.05) is 50.1 Å². The molecule has 0 saturated carbocycles. The zero-order valence-electron chi connectivity index (χ0n) is 14.1. The summed E-state index contributed by atoms with van der Waals surface area (Å²) < 4.78 is 8.46. The summed E-state index contributed by atoms with van der Waals surface area (Å²) in [7, 11) is 1.87. The third kappa shape index (κ3) is 3.88. The van der Waals surface area contributed by atoms with Crippen molar-refractivity contribution in [1.29, 1.82) is 0 Å². The summed E-state index contributed by atoms with van der Waals surface area (Å²) in [5.41, 5.74) is 1.18. The van der Waals surface area contributed by atoms with Gasteiger partial charge >= 0.3 is 0 Å². The summed E-state index contributed by atoms with van der Waals surface area (Å²) in [6.45, 7) is 7.36. The molecule has 2 heterocycles. The molecular weight excluding hydrogens is 342 g/mol. The fraction of sp³-hybridized carbons (Fsp3) is 0.500. The maximum absolute atomic E-state index is 5.75. The molecule has 0 bridgehead atoms. The van der Waals surface area contributed by atoms with E-state index in [-0.39, 0.29) is 0 Å². The van der Waals surface area contributed by atoms with Crippen LogP contribution in [-0.4, -0.2) is 54.5 Å². The lowest BCUT2D eigenvalue weighted by molar-refractivity contribution is 0.195. The second-order valence-electron chi connectivity index (χ2n) is 5.57. The molecule has 0 amide bonds. The van der Waals surface area contributed by atoms with Gasteiger partial charge in [-0.3, -0.25) is 4.90 Å². The average Bonchev–Trinajstić information content (AvgIpc) is 2.96. The molecule has 1 N–H and O–H groups in total. The van der Waals surface area contributed by atoms with Crippen molar-refractivity contribution in [2.45, 2.75) is 13.6 Å². The molecule has 1 saturated heterocycles. The Morgan fingerprint density at radius 2 is 2.00 bits per heavy atom. The predicted molar refractivity (Wildman–Crippen MR) is 102 cm³/mol. The van der Waals surface area contributed by atoms with E-state index in [0.717, 1.165) is 47.7 Å². The highest BCUT2D eigenvalue weighted by molar-refractivity contribution is 7.73. The Balaban J connectivity index is 1.61. The summed E-state index contributed by atoms with van der Waals surface area (Å²) in [6, 6.07) is 8.27. The first-order chi connectivity index (χ1) is 11.7. The topological polar surface area (TPSA) is 45.6 Å². The van der Waals surface area contributed by atoms with E-state index < -0.39 is 0 Å². The molecule has 1 aliphatic heterocycles. The van der Waals surface area contributed by atoms with Gasteiger partial charge in [0.2, 0.25) is 5.13 Å². The van der Waals surface area contributed by atoms with E-state index in [1.54, 1.807) is 0 Å². The van der Waals surface area contributed by atoms with Crippen molar-refractivity contribution in [2.24, 2.45) is 0 Å². The number of rotatable bonds is 6. The van der Waals surface area contributed by atoms with Gasteiger partial charge in [-0.15, -0.1) is 5.10 Å². The molecule has 8 heteroatoms. The second-order valence-corrected chi connectivity index (χ2v) is 7.19. The van der Waals surface area contributed by atoms with E-state index in [1.807, 2.05) is 30.8 Å². The monoisotopic (exact) mass is 365 g/mol. The van der Waals surface area contributed by atoms with Gasteiger partial charge in [-0.25, -0.2) is 4.68 Å². The Bertz CT molecular complexity index is 721. The van der Waals surface area contributed by atoms with E-state index >= 15 is 0 Å². The summed E-state index contributed by atoms with van der Waals surface area (Å²) in [5.74, 6) is 0.967. The van der Waals surface area contributed by atoms with Crippen LogP contribution in [0.3, 0.4) is 0 Å². The lowest BCUT2D eigenvalue weighted by atomic mass is 10.2. The van der Waals surface area contributed by atoms with Gasteiger partial charge in [-0.05, 0) is 31.3 Å². The number of para-hydroxylation sites is 2. The van der Waals surface area contributed by atoms with Crippen LogP contribution in [0.2, 0.25) is 0 Å². The highest BCUT2D eigenvalue weighted by Gasteiger charge is 2.20. The predicted octanol–water partition coefficient (Wildman–Crippen LogP) is 2.89. The molecule has 1 aliphatic rings. The standard InChI is InChI=1S/C16H23N5OS2/c1-3-22-14-7-5-4-6-13(14)20-10-8-19(9-11-20)12-21-16(23)24-15(17-2)18-21/h4-7H,3,8-12H2,1-2H3,(H,17,18). The summed E-state index contributed by atoms with van der Waals surface area (Å²) >= 11 is 6.89. The fourth-order valence-corrected chi connectivity index (χ4v) is 3.76. The van der Waals surface area contributed by atoms with Crippen LogP contribution in [-0.2, 0) is 6.67 Å². The van der Waals surface area contributed by atoms with Crippen LogP contribution in [0.4, 0.5) is 10.8 Å². The Hall–Kier alpha value is -1.64. The van der Waals surface area contributed by atoms with Gasteiger partial charge in [0.15, 0.2) is 3.95 Å². The van der Waals surface area contributed by atoms with E-state index in [2.05, 4.69) is 32.3 Å². The van der Waals surface area contributed by atoms with Crippen LogP contribution in [0.15, 0.2) is 24.3 Å². The van der Waals surface area contributed by atoms with Crippen molar-refractivity contribution < 1.29 is 4.74 Å². The first-order valence-electron chi connectivity index (χ1n) is 8.16. The molecule has 6 nitrogen and oxygen atoms in total. The van der Waals surface area contributed by atoms with Gasteiger partial charge in [0, 0.05) is 33.2 Å². The van der Waals surface area contributed by atoms with Crippen LogP contribution in [0.5, 0.6) is 5.75 Å². The molecule has 3 rings (SSSR count). The maximum Gasteiger partial charge on any atom is 0.204 e. The minimum absolute atomic E-state index is 0.687. The lowest BCUT2D eigenvalue weighted by Gasteiger charge is -2.36. The van der Waals surface area contributed by atoms with Crippen molar-refractivity contribution >= 4 is 34.4 Å². The molecule has 2 aromatic rings. The average molecular weight is 366 g/mol. The first-order valence-corrected chi connectivity index (χ1v) is 9.38. The van der Waals surface area contributed by atoms with Crippen molar-refractivity contribution in [3.63, 3.8) is 0 Å².